The van der Waals surface area contributed by atoms with E-state index in [1.165, 1.54) is 6.07 Å². The Bertz CT molecular complexity index is 734. The van der Waals surface area contributed by atoms with Crippen molar-refractivity contribution in [1.29, 1.82) is 0 Å². The lowest BCUT2D eigenvalue weighted by molar-refractivity contribution is 0.897. The molecule has 1 fully saturated rings. The molecule has 1 aliphatic carbocycles. The van der Waals surface area contributed by atoms with Gasteiger partial charge in [-0.25, -0.2) is 4.98 Å². The molecule has 21 heavy (non-hydrogen) atoms. The molecule has 2 aromatic rings. The summed E-state index contributed by atoms with van der Waals surface area (Å²) in [5, 5.41) is 0. The van der Waals surface area contributed by atoms with E-state index in [2.05, 4.69) is 9.97 Å². The summed E-state index contributed by atoms with van der Waals surface area (Å²) >= 11 is 4.94. The van der Waals surface area contributed by atoms with Crippen molar-refractivity contribution in [3.05, 3.63) is 52.1 Å². The predicted molar refractivity (Wildman–Crippen MR) is 87.2 cm³/mol. The number of thiocarbonyl (C=S) groups is 1. The average Bonchev–Trinajstić information content (AvgIpc) is 3.30. The molecule has 0 saturated heterocycles. The molecule has 108 valence electrons. The molecule has 0 atom stereocenters. The first-order valence-corrected chi connectivity index (χ1v) is 7.20. The van der Waals surface area contributed by atoms with Crippen molar-refractivity contribution < 1.29 is 0 Å². The van der Waals surface area contributed by atoms with Crippen LogP contribution in [0.15, 0.2) is 35.1 Å². The molecule has 1 heterocycles. The van der Waals surface area contributed by atoms with Gasteiger partial charge in [0.1, 0.15) is 16.6 Å². The highest BCUT2D eigenvalue weighted by Gasteiger charge is 2.26. The molecule has 0 radical (unpaired) electrons. The van der Waals surface area contributed by atoms with Gasteiger partial charge in [-0.05, 0) is 37.1 Å². The molecule has 1 saturated carbocycles. The van der Waals surface area contributed by atoms with Crippen LogP contribution in [-0.2, 0) is 0 Å². The van der Waals surface area contributed by atoms with E-state index < -0.39 is 0 Å². The second-order valence-corrected chi connectivity index (χ2v) is 5.67. The van der Waals surface area contributed by atoms with Gasteiger partial charge in [0.05, 0.1) is 0 Å². The van der Waals surface area contributed by atoms with Crippen molar-refractivity contribution in [3.8, 4) is 0 Å². The maximum atomic E-state index is 11.8. The Balaban J connectivity index is 1.92. The van der Waals surface area contributed by atoms with E-state index in [-0.39, 0.29) is 5.56 Å². The number of anilines is 2. The van der Waals surface area contributed by atoms with E-state index in [4.69, 9.17) is 18.0 Å². The predicted octanol–water partition coefficient (Wildman–Crippen LogP) is 2.05. The van der Waals surface area contributed by atoms with Gasteiger partial charge >= 0.3 is 0 Å². The molecule has 1 aliphatic rings. The molecular weight excluding hydrogens is 284 g/mol. The quantitative estimate of drug-likeness (QED) is 0.845. The van der Waals surface area contributed by atoms with Crippen LogP contribution in [0.25, 0.3) is 0 Å². The highest BCUT2D eigenvalue weighted by Crippen LogP contribution is 2.38. The van der Waals surface area contributed by atoms with E-state index in [1.807, 2.05) is 36.2 Å². The van der Waals surface area contributed by atoms with Gasteiger partial charge in [0, 0.05) is 30.3 Å². The van der Waals surface area contributed by atoms with Crippen LogP contribution in [0, 0.1) is 0 Å². The van der Waals surface area contributed by atoms with Crippen LogP contribution < -0.4 is 16.2 Å². The van der Waals surface area contributed by atoms with Gasteiger partial charge in [0.2, 0.25) is 0 Å². The van der Waals surface area contributed by atoms with Gasteiger partial charge in [0.25, 0.3) is 5.56 Å². The number of nitrogens with zero attached hydrogens (tertiary/aromatic N) is 2. The Morgan fingerprint density at radius 1 is 1.38 bits per heavy atom. The molecule has 0 bridgehead atoms. The van der Waals surface area contributed by atoms with E-state index in [9.17, 15) is 4.79 Å². The maximum Gasteiger partial charge on any atom is 0.253 e. The summed E-state index contributed by atoms with van der Waals surface area (Å²) in [5.74, 6) is 1.83. The lowest BCUT2D eigenvalue weighted by Gasteiger charge is -2.19. The van der Waals surface area contributed by atoms with Crippen LogP contribution >= 0.6 is 12.2 Å². The molecule has 0 amide bonds. The first kappa shape index (κ1) is 13.8. The number of nitrogens with two attached hydrogens (primary N) is 1. The summed E-state index contributed by atoms with van der Waals surface area (Å²) in [4.78, 5) is 21.4. The lowest BCUT2D eigenvalue weighted by atomic mass is 10.2. The molecule has 1 aromatic carbocycles. The molecule has 0 aliphatic heterocycles. The third-order valence-corrected chi connectivity index (χ3v) is 3.83. The molecule has 5 nitrogen and oxygen atoms in total. The second kappa shape index (κ2) is 5.29. The summed E-state index contributed by atoms with van der Waals surface area (Å²) in [5.41, 5.74) is 7.22. The van der Waals surface area contributed by atoms with Crippen molar-refractivity contribution in [2.24, 2.45) is 5.73 Å². The summed E-state index contributed by atoms with van der Waals surface area (Å²) in [6, 6.07) is 9.06. The van der Waals surface area contributed by atoms with E-state index in [1.54, 1.807) is 0 Å². The standard InChI is InChI=1S/C15H16N4OS/c1-19(11-6-4-9(5-7-11)14(16)21)12-8-13(20)18-15(17-12)10-2-3-10/h4-8,10H,2-3H2,1H3,(H2,16,21)(H,17,18,20). The van der Waals surface area contributed by atoms with E-state index in [0.717, 1.165) is 29.9 Å². The average molecular weight is 300 g/mol. The summed E-state index contributed by atoms with van der Waals surface area (Å²) < 4.78 is 0. The molecule has 0 unspecified atom stereocenters. The van der Waals surface area contributed by atoms with Crippen LogP contribution in [0.4, 0.5) is 11.5 Å². The number of aromatic nitrogens is 2. The van der Waals surface area contributed by atoms with E-state index in [0.29, 0.717) is 16.7 Å². The number of H-pyrrole nitrogens is 1. The number of rotatable bonds is 4. The maximum absolute atomic E-state index is 11.8. The molecule has 3 N–H and O–H groups in total. The third kappa shape index (κ3) is 2.95. The smallest absolute Gasteiger partial charge is 0.253 e. The third-order valence-electron chi connectivity index (χ3n) is 3.59. The highest BCUT2D eigenvalue weighted by atomic mass is 32.1. The Morgan fingerprint density at radius 2 is 2.05 bits per heavy atom. The minimum Gasteiger partial charge on any atom is -0.389 e. The highest BCUT2D eigenvalue weighted by molar-refractivity contribution is 7.80. The zero-order chi connectivity index (χ0) is 15.0. The SMILES string of the molecule is CN(c1ccc(C(N)=S)cc1)c1cc(=O)[nH]c(C2CC2)n1. The molecule has 0 spiro atoms. The largest absolute Gasteiger partial charge is 0.389 e. The Hall–Kier alpha value is -2.21. The van der Waals surface area contributed by atoms with Gasteiger partial charge in [-0.3, -0.25) is 4.79 Å². The van der Waals surface area contributed by atoms with Gasteiger partial charge in [-0.1, -0.05) is 12.2 Å². The van der Waals surface area contributed by atoms with Gasteiger partial charge in [-0.2, -0.15) is 0 Å². The molecule has 6 heteroatoms. The lowest BCUT2D eigenvalue weighted by Crippen LogP contribution is -2.18. The summed E-state index contributed by atoms with van der Waals surface area (Å²) in [7, 11) is 1.88. The van der Waals surface area contributed by atoms with Gasteiger partial charge in [0.15, 0.2) is 0 Å². The van der Waals surface area contributed by atoms with Crippen molar-refractivity contribution in [2.45, 2.75) is 18.8 Å². The fourth-order valence-corrected chi connectivity index (χ4v) is 2.30. The van der Waals surface area contributed by atoms with Crippen LogP contribution in [0.1, 0.15) is 30.1 Å². The van der Waals surface area contributed by atoms with Crippen LogP contribution in [0.3, 0.4) is 0 Å². The van der Waals surface area contributed by atoms with Gasteiger partial charge < -0.3 is 15.6 Å². The van der Waals surface area contributed by atoms with Crippen LogP contribution in [-0.4, -0.2) is 22.0 Å². The first-order valence-electron chi connectivity index (χ1n) is 6.79. The minimum atomic E-state index is -0.117. The van der Waals surface area contributed by atoms with Crippen molar-refractivity contribution >= 4 is 28.7 Å². The normalized spacial score (nSPS) is 14.0. The van der Waals surface area contributed by atoms with E-state index >= 15 is 0 Å². The fraction of sp³-hybridized carbons (Fsp3) is 0.267. The van der Waals surface area contributed by atoms with Crippen molar-refractivity contribution in [3.63, 3.8) is 0 Å². The van der Waals surface area contributed by atoms with Crippen molar-refractivity contribution in [1.82, 2.24) is 9.97 Å². The molecular formula is C15H16N4OS. The summed E-state index contributed by atoms with van der Waals surface area (Å²) in [6.07, 6.45) is 2.19. The zero-order valence-electron chi connectivity index (χ0n) is 11.7. The van der Waals surface area contributed by atoms with Crippen molar-refractivity contribution in [2.75, 3.05) is 11.9 Å². The Morgan fingerprint density at radius 3 is 2.62 bits per heavy atom. The summed E-state index contributed by atoms with van der Waals surface area (Å²) in [6.45, 7) is 0. The number of benzene rings is 1. The number of aromatic amines is 1. The minimum absolute atomic E-state index is 0.117. The fourth-order valence-electron chi connectivity index (χ4n) is 2.17. The molecule has 3 rings (SSSR count). The second-order valence-electron chi connectivity index (χ2n) is 5.23. The number of hydrogen-bond acceptors (Lipinski definition) is 4. The topological polar surface area (TPSA) is 75.0 Å². The van der Waals surface area contributed by atoms with Gasteiger partial charge in [-0.15, -0.1) is 0 Å². The number of hydrogen-bond donors (Lipinski definition) is 2. The molecule has 1 aromatic heterocycles. The first-order chi connectivity index (χ1) is 10.0. The number of nitrogens with one attached hydrogen (secondary N) is 1. The Labute approximate surface area is 127 Å². The van der Waals surface area contributed by atoms with Crippen LogP contribution in [0.5, 0.6) is 0 Å². The monoisotopic (exact) mass is 300 g/mol. The van der Waals surface area contributed by atoms with Crippen LogP contribution in [0.2, 0.25) is 0 Å². The Kier molecular flexibility index (Phi) is 3.47. The zero-order valence-corrected chi connectivity index (χ0v) is 12.5.